The summed E-state index contributed by atoms with van der Waals surface area (Å²) in [6.45, 7) is 10.6. The van der Waals surface area contributed by atoms with E-state index in [1.54, 1.807) is 65.8 Å². The Morgan fingerprint density at radius 1 is 0.741 bits per heavy atom. The van der Waals surface area contributed by atoms with Gasteiger partial charge in [-0.1, -0.05) is 84.9 Å². The molecule has 0 aromatic heterocycles. The number of hydrogen-bond acceptors (Lipinski definition) is 7. The third-order valence-corrected chi connectivity index (χ3v) is 14.7. The number of nitrogens with zero attached hydrogens (tertiary/aromatic N) is 1. The molecule has 6 rings (SSSR count). The second-order valence-corrected chi connectivity index (χ2v) is 19.9. The molecule has 0 aliphatic carbocycles. The number of amides is 3. The highest BCUT2D eigenvalue weighted by Crippen LogP contribution is 2.58. The molecule has 2 N–H and O–H groups in total. The molecule has 280 valence electrons. The van der Waals surface area contributed by atoms with Crippen LogP contribution in [0, 0.1) is 0 Å². The Kier molecular flexibility index (Phi) is 11.4. The number of esters is 1. The highest BCUT2D eigenvalue weighted by molar-refractivity contribution is 8.00. The fourth-order valence-electron chi connectivity index (χ4n) is 6.78. The first kappa shape index (κ1) is 38.8. The molecule has 2 aliphatic rings. The largest absolute Gasteiger partial charge is 0.455 e. The van der Waals surface area contributed by atoms with Crippen molar-refractivity contribution in [1.82, 2.24) is 15.5 Å². The van der Waals surface area contributed by atoms with Crippen LogP contribution < -0.4 is 26.5 Å². The maximum Gasteiger partial charge on any atom is 0.408 e. The molecule has 11 heteroatoms. The first-order chi connectivity index (χ1) is 25.7. The summed E-state index contributed by atoms with van der Waals surface area (Å²) in [6.07, 6.45) is -0.266. The molecule has 1 unspecified atom stereocenters. The number of carbonyl (C=O) groups is 4. The normalized spacial score (nSPS) is 17.8. The van der Waals surface area contributed by atoms with Crippen LogP contribution in [-0.4, -0.2) is 63.3 Å². The molecule has 3 amide bonds. The third kappa shape index (κ3) is 8.40. The van der Waals surface area contributed by atoms with Crippen LogP contribution >= 0.6 is 19.0 Å². The smallest absolute Gasteiger partial charge is 0.408 e. The van der Waals surface area contributed by atoms with Crippen LogP contribution in [0.2, 0.25) is 0 Å². The van der Waals surface area contributed by atoms with Gasteiger partial charge in [0.1, 0.15) is 57.5 Å². The van der Waals surface area contributed by atoms with E-state index in [-0.39, 0.29) is 5.70 Å². The van der Waals surface area contributed by atoms with Crippen LogP contribution in [0.15, 0.2) is 133 Å². The van der Waals surface area contributed by atoms with E-state index in [2.05, 4.69) is 47.0 Å². The Morgan fingerprint density at radius 3 is 1.67 bits per heavy atom. The molecule has 0 radical (unpaired) electrons. The van der Waals surface area contributed by atoms with E-state index in [9.17, 15) is 19.2 Å². The van der Waals surface area contributed by atoms with Crippen molar-refractivity contribution in [1.29, 1.82) is 0 Å². The minimum absolute atomic E-state index is 0.225. The van der Waals surface area contributed by atoms with Crippen LogP contribution in [0.1, 0.15) is 53.1 Å². The Bertz CT molecular complexity index is 1920. The summed E-state index contributed by atoms with van der Waals surface area (Å²) in [5, 5.41) is 8.45. The molecule has 0 saturated carbocycles. The van der Waals surface area contributed by atoms with Gasteiger partial charge in [0.05, 0.1) is 6.16 Å². The van der Waals surface area contributed by atoms with E-state index in [1.807, 2.05) is 60.7 Å². The summed E-state index contributed by atoms with van der Waals surface area (Å²) in [5.41, 5.74) is -0.0444. The van der Waals surface area contributed by atoms with E-state index >= 15 is 0 Å². The molecule has 3 atom stereocenters. The van der Waals surface area contributed by atoms with E-state index in [0.29, 0.717) is 17.5 Å². The van der Waals surface area contributed by atoms with Gasteiger partial charge in [0.2, 0.25) is 5.91 Å². The zero-order valence-electron chi connectivity index (χ0n) is 31.4. The van der Waals surface area contributed by atoms with Gasteiger partial charge in [0.25, 0.3) is 5.91 Å². The molecule has 0 spiro atoms. The van der Waals surface area contributed by atoms with Gasteiger partial charge >= 0.3 is 12.1 Å². The van der Waals surface area contributed by atoms with Gasteiger partial charge < -0.3 is 20.1 Å². The van der Waals surface area contributed by atoms with Gasteiger partial charge in [-0.15, -0.1) is 11.8 Å². The van der Waals surface area contributed by atoms with Gasteiger partial charge in [-0.3, -0.25) is 14.5 Å². The predicted octanol–water partition coefficient (Wildman–Crippen LogP) is 6.24. The maximum atomic E-state index is 14.3. The fraction of sp³-hybridized carbons (Fsp3) is 0.302. The predicted molar refractivity (Wildman–Crippen MR) is 216 cm³/mol. The standard InChI is InChI=1S/C43H46N3O6PS/c1-42(2,3)51-40(49)36-30(27-53(31-21-13-8-14-22-31,32-23-15-9-16-24-32)33-25-17-10-18-26-33)28-54-39-35(38(48)46(36)39)44-37(47)34(29-19-11-7-12-20-29)45-41(50)52-43(4,5)6/h7-26,34-35,39H,27-28H2,1-6H3,(H-,44,45,47,50)/p+1/t34?,35-,39-/m1/s1. The molecule has 4 aromatic rings. The van der Waals surface area contributed by atoms with E-state index in [1.165, 1.54) is 16.7 Å². The molecule has 2 heterocycles. The van der Waals surface area contributed by atoms with Crippen molar-refractivity contribution in [3.63, 3.8) is 0 Å². The van der Waals surface area contributed by atoms with Crippen molar-refractivity contribution in [2.24, 2.45) is 0 Å². The Hall–Kier alpha value is -4.92. The number of benzene rings is 4. The van der Waals surface area contributed by atoms with Crippen molar-refractivity contribution in [3.05, 3.63) is 138 Å². The Morgan fingerprint density at radius 2 is 1.20 bits per heavy atom. The van der Waals surface area contributed by atoms with Crippen LogP contribution in [0.5, 0.6) is 0 Å². The molecule has 9 nitrogen and oxygen atoms in total. The maximum absolute atomic E-state index is 14.3. The lowest BCUT2D eigenvalue weighted by atomic mass is 10.0. The number of ether oxygens (including phenoxy) is 2. The number of thioether (sulfide) groups is 1. The molecular formula is C43H47N3O6PS+. The van der Waals surface area contributed by atoms with E-state index in [4.69, 9.17) is 9.47 Å². The van der Waals surface area contributed by atoms with Crippen molar-refractivity contribution >= 4 is 58.8 Å². The summed E-state index contributed by atoms with van der Waals surface area (Å²) in [7, 11) is -2.44. The van der Waals surface area contributed by atoms with Crippen molar-refractivity contribution in [2.45, 2.75) is 70.2 Å². The molecule has 2 aliphatic heterocycles. The third-order valence-electron chi connectivity index (χ3n) is 9.01. The highest BCUT2D eigenvalue weighted by atomic mass is 32.2. The topological polar surface area (TPSA) is 114 Å². The summed E-state index contributed by atoms with van der Waals surface area (Å²) in [4.78, 5) is 56.8. The van der Waals surface area contributed by atoms with Gasteiger partial charge in [0, 0.05) is 11.3 Å². The van der Waals surface area contributed by atoms with Crippen LogP contribution in [0.25, 0.3) is 0 Å². The lowest BCUT2D eigenvalue weighted by Gasteiger charge is -2.50. The number of hydrogen-bond donors (Lipinski definition) is 2. The SMILES string of the molecule is CC(C)(C)OC(=O)NC(C(=O)N[C@@H]1C(=O)N2C(C(=O)OC(C)(C)C)=C(C[P+](c3ccccc3)(c3ccccc3)c3ccccc3)CS[C@H]12)c1ccccc1. The zero-order chi connectivity index (χ0) is 38.7. The minimum Gasteiger partial charge on any atom is -0.455 e. The first-order valence-corrected chi connectivity index (χ1v) is 21.0. The lowest BCUT2D eigenvalue weighted by Crippen LogP contribution is -2.71. The zero-order valence-corrected chi connectivity index (χ0v) is 33.2. The van der Waals surface area contributed by atoms with E-state index in [0.717, 1.165) is 21.5 Å². The van der Waals surface area contributed by atoms with Gasteiger partial charge in [0.15, 0.2) is 0 Å². The van der Waals surface area contributed by atoms with Crippen LogP contribution in [0.3, 0.4) is 0 Å². The molecule has 1 saturated heterocycles. The van der Waals surface area contributed by atoms with Crippen molar-refractivity contribution in [3.8, 4) is 0 Å². The van der Waals surface area contributed by atoms with E-state index < -0.39 is 59.8 Å². The quantitative estimate of drug-likeness (QED) is 0.112. The number of alkyl carbamates (subject to hydrolysis) is 1. The Balaban J connectivity index is 1.38. The first-order valence-electron chi connectivity index (χ1n) is 18.0. The van der Waals surface area contributed by atoms with Gasteiger partial charge in [-0.05, 0) is 83.5 Å². The Labute approximate surface area is 322 Å². The number of fused-ring (bicyclic) bond motifs is 1. The molecular weight excluding hydrogens is 718 g/mol. The monoisotopic (exact) mass is 764 g/mol. The molecule has 4 aromatic carbocycles. The second kappa shape index (κ2) is 15.8. The van der Waals surface area contributed by atoms with Crippen LogP contribution in [0.4, 0.5) is 4.79 Å². The van der Waals surface area contributed by atoms with Crippen molar-refractivity contribution in [2.75, 3.05) is 11.9 Å². The highest BCUT2D eigenvalue weighted by Gasteiger charge is 2.57. The average molecular weight is 765 g/mol. The number of nitrogens with one attached hydrogen (secondary N) is 2. The number of rotatable bonds is 10. The number of carbonyl (C=O) groups excluding carboxylic acids is 4. The van der Waals surface area contributed by atoms with Crippen molar-refractivity contribution < 1.29 is 28.7 Å². The van der Waals surface area contributed by atoms with Gasteiger partial charge in [-0.2, -0.15) is 0 Å². The lowest BCUT2D eigenvalue weighted by molar-refractivity contribution is -0.159. The fourth-order valence-corrected chi connectivity index (χ4v) is 12.6. The minimum atomic E-state index is -2.44. The summed E-state index contributed by atoms with van der Waals surface area (Å²) in [5.74, 6) is -1.14. The molecule has 0 bridgehead atoms. The molecule has 54 heavy (non-hydrogen) atoms. The summed E-state index contributed by atoms with van der Waals surface area (Å²) >= 11 is 1.50. The summed E-state index contributed by atoms with van der Waals surface area (Å²) < 4.78 is 11.5. The number of β-lactam (4-membered cyclic amide) rings is 1. The second-order valence-electron chi connectivity index (χ2n) is 15.3. The summed E-state index contributed by atoms with van der Waals surface area (Å²) in [6, 6.07) is 37.8. The van der Waals surface area contributed by atoms with Crippen LogP contribution in [-0.2, 0) is 23.9 Å². The van der Waals surface area contributed by atoms with Gasteiger partial charge in [-0.25, -0.2) is 9.59 Å². The molecule has 1 fully saturated rings. The average Bonchev–Trinajstić information content (AvgIpc) is 3.14.